The number of aromatic nitrogens is 3. The highest BCUT2D eigenvalue weighted by atomic mass is 35.5. The van der Waals surface area contributed by atoms with Crippen LogP contribution in [0.5, 0.6) is 0 Å². The molecule has 0 fully saturated rings. The van der Waals surface area contributed by atoms with Gasteiger partial charge >= 0.3 is 0 Å². The number of hydrogen-bond acceptors (Lipinski definition) is 3. The molecule has 0 atom stereocenters. The number of fused-ring (bicyclic) bond motifs is 4. The van der Waals surface area contributed by atoms with Gasteiger partial charge in [0, 0.05) is 16.5 Å². The Morgan fingerprint density at radius 1 is 0.500 bits per heavy atom. The lowest BCUT2D eigenvalue weighted by Crippen LogP contribution is -2.15. The lowest BCUT2D eigenvalue weighted by Gasteiger charge is -2.21. The van der Waals surface area contributed by atoms with E-state index in [1.165, 1.54) is 38.6 Å². The van der Waals surface area contributed by atoms with E-state index in [9.17, 15) is 0 Å². The van der Waals surface area contributed by atoms with Gasteiger partial charge in [0.1, 0.15) is 0 Å². The van der Waals surface area contributed by atoms with E-state index >= 15 is 0 Å². The predicted molar refractivity (Wildman–Crippen MR) is 156 cm³/mol. The van der Waals surface area contributed by atoms with Crippen LogP contribution >= 0.6 is 11.6 Å². The predicted octanol–water partition coefficient (Wildman–Crippen LogP) is 8.99. The summed E-state index contributed by atoms with van der Waals surface area (Å²) in [5.41, 5.74) is 9.21. The van der Waals surface area contributed by atoms with Crippen LogP contribution in [0.4, 0.5) is 0 Å². The topological polar surface area (TPSA) is 38.7 Å². The lowest BCUT2D eigenvalue weighted by atomic mass is 9.82. The standard InChI is InChI=1S/C34H24ClN3/c1-34(2)29-10-6-5-9-27(29)28-18-17-26(20-30(28)34)32-36-31(37-33(35)38-32)23-14-11-22(12-15-23)25-16-13-21-7-3-4-8-24(21)19-25/h3-20H,1-2H3. The highest BCUT2D eigenvalue weighted by Crippen LogP contribution is 2.49. The molecule has 7 rings (SSSR count). The van der Waals surface area contributed by atoms with Gasteiger partial charge in [-0.3, -0.25) is 0 Å². The van der Waals surface area contributed by atoms with Crippen LogP contribution in [-0.4, -0.2) is 15.0 Å². The molecule has 3 nitrogen and oxygen atoms in total. The van der Waals surface area contributed by atoms with Crippen LogP contribution in [0.2, 0.25) is 5.28 Å². The molecule has 38 heavy (non-hydrogen) atoms. The highest BCUT2D eigenvalue weighted by Gasteiger charge is 2.35. The van der Waals surface area contributed by atoms with E-state index in [4.69, 9.17) is 16.6 Å². The first kappa shape index (κ1) is 22.8. The van der Waals surface area contributed by atoms with Gasteiger partial charge in [-0.1, -0.05) is 111 Å². The van der Waals surface area contributed by atoms with Gasteiger partial charge in [-0.05, 0) is 67.9 Å². The summed E-state index contributed by atoms with van der Waals surface area (Å²) in [5, 5.41) is 2.65. The molecule has 1 aliphatic carbocycles. The first-order chi connectivity index (χ1) is 18.5. The largest absolute Gasteiger partial charge is 0.226 e. The summed E-state index contributed by atoms with van der Waals surface area (Å²) >= 11 is 6.42. The summed E-state index contributed by atoms with van der Waals surface area (Å²) in [6.07, 6.45) is 0. The van der Waals surface area contributed by atoms with Crippen LogP contribution in [0.1, 0.15) is 25.0 Å². The summed E-state index contributed by atoms with van der Waals surface area (Å²) in [5.74, 6) is 1.14. The van der Waals surface area contributed by atoms with E-state index in [2.05, 4.69) is 121 Å². The van der Waals surface area contributed by atoms with Gasteiger partial charge in [-0.2, -0.15) is 9.97 Å². The molecule has 0 saturated heterocycles. The maximum atomic E-state index is 6.42. The smallest absolute Gasteiger partial charge is 0.208 e. The van der Waals surface area contributed by atoms with Crippen LogP contribution in [0.25, 0.3) is 55.8 Å². The lowest BCUT2D eigenvalue weighted by molar-refractivity contribution is 0.660. The molecule has 1 aliphatic rings. The minimum Gasteiger partial charge on any atom is -0.208 e. The van der Waals surface area contributed by atoms with Crippen molar-refractivity contribution in [3.63, 3.8) is 0 Å². The summed E-state index contributed by atoms with van der Waals surface area (Å²) in [6.45, 7) is 4.54. The van der Waals surface area contributed by atoms with E-state index in [1.54, 1.807) is 0 Å². The van der Waals surface area contributed by atoms with E-state index in [0.717, 1.165) is 16.7 Å². The molecule has 0 bridgehead atoms. The second-order valence-electron chi connectivity index (χ2n) is 10.3. The molecule has 0 spiro atoms. The van der Waals surface area contributed by atoms with Crippen molar-refractivity contribution in [2.75, 3.05) is 0 Å². The minimum absolute atomic E-state index is 0.0970. The van der Waals surface area contributed by atoms with Crippen molar-refractivity contribution in [1.29, 1.82) is 0 Å². The van der Waals surface area contributed by atoms with Crippen LogP contribution in [0, 0.1) is 0 Å². The van der Waals surface area contributed by atoms with Crippen molar-refractivity contribution >= 4 is 22.4 Å². The molecule has 0 N–H and O–H groups in total. The molecule has 0 amide bonds. The van der Waals surface area contributed by atoms with Gasteiger partial charge < -0.3 is 0 Å². The Hall–Kier alpha value is -4.34. The van der Waals surface area contributed by atoms with Gasteiger partial charge in [-0.25, -0.2) is 4.98 Å². The van der Waals surface area contributed by atoms with Gasteiger partial charge in [-0.15, -0.1) is 0 Å². The zero-order chi connectivity index (χ0) is 25.9. The zero-order valence-electron chi connectivity index (χ0n) is 21.1. The van der Waals surface area contributed by atoms with Gasteiger partial charge in [0.2, 0.25) is 5.28 Å². The average molecular weight is 510 g/mol. The fourth-order valence-corrected chi connectivity index (χ4v) is 5.79. The van der Waals surface area contributed by atoms with Crippen molar-refractivity contribution in [1.82, 2.24) is 15.0 Å². The van der Waals surface area contributed by atoms with Crippen molar-refractivity contribution in [3.8, 4) is 45.0 Å². The quantitative estimate of drug-likeness (QED) is 0.239. The second kappa shape index (κ2) is 8.61. The summed E-state index contributed by atoms with van der Waals surface area (Å²) in [7, 11) is 0. The van der Waals surface area contributed by atoms with Crippen LogP contribution < -0.4 is 0 Å². The number of benzene rings is 5. The van der Waals surface area contributed by atoms with Crippen molar-refractivity contribution < 1.29 is 0 Å². The molecule has 6 aromatic rings. The third-order valence-electron chi connectivity index (χ3n) is 7.68. The maximum Gasteiger partial charge on any atom is 0.226 e. The monoisotopic (exact) mass is 509 g/mol. The first-order valence-electron chi connectivity index (χ1n) is 12.7. The number of nitrogens with zero attached hydrogens (tertiary/aromatic N) is 3. The summed E-state index contributed by atoms with van der Waals surface area (Å²) in [4.78, 5) is 13.8. The molecule has 0 radical (unpaired) electrons. The molecular formula is C34H24ClN3. The van der Waals surface area contributed by atoms with E-state index in [0.29, 0.717) is 11.6 Å². The third-order valence-corrected chi connectivity index (χ3v) is 7.84. The first-order valence-corrected chi connectivity index (χ1v) is 13.1. The van der Waals surface area contributed by atoms with Crippen LogP contribution in [0.3, 0.4) is 0 Å². The van der Waals surface area contributed by atoms with Gasteiger partial charge in [0.15, 0.2) is 11.6 Å². The Morgan fingerprint density at radius 2 is 1.11 bits per heavy atom. The average Bonchev–Trinajstić information content (AvgIpc) is 3.19. The Labute approximate surface area is 226 Å². The minimum atomic E-state index is -0.0970. The van der Waals surface area contributed by atoms with Gasteiger partial charge in [0.25, 0.3) is 0 Å². The molecule has 0 unspecified atom stereocenters. The maximum absolute atomic E-state index is 6.42. The normalized spacial score (nSPS) is 13.3. The Bertz CT molecular complexity index is 1860. The zero-order valence-corrected chi connectivity index (χ0v) is 21.9. The van der Waals surface area contributed by atoms with E-state index in [-0.39, 0.29) is 10.7 Å². The number of rotatable bonds is 3. The molecule has 0 aliphatic heterocycles. The fraction of sp³-hybridized carbons (Fsp3) is 0.0882. The molecule has 4 heteroatoms. The second-order valence-corrected chi connectivity index (χ2v) is 10.7. The van der Waals surface area contributed by atoms with Crippen LogP contribution in [0.15, 0.2) is 109 Å². The fourth-order valence-electron chi connectivity index (χ4n) is 5.63. The molecular weight excluding hydrogens is 486 g/mol. The molecule has 5 aromatic carbocycles. The molecule has 1 aromatic heterocycles. The number of halogens is 1. The molecule has 0 saturated carbocycles. The van der Waals surface area contributed by atoms with Crippen molar-refractivity contribution in [2.45, 2.75) is 19.3 Å². The van der Waals surface area contributed by atoms with Crippen molar-refractivity contribution in [2.24, 2.45) is 0 Å². The molecule has 182 valence electrons. The highest BCUT2D eigenvalue weighted by molar-refractivity contribution is 6.28. The summed E-state index contributed by atoms with van der Waals surface area (Å²) < 4.78 is 0. The van der Waals surface area contributed by atoms with Gasteiger partial charge in [0.05, 0.1) is 0 Å². The Balaban J connectivity index is 1.24. The van der Waals surface area contributed by atoms with E-state index < -0.39 is 0 Å². The Morgan fingerprint density at radius 3 is 1.92 bits per heavy atom. The SMILES string of the molecule is CC1(C)c2ccccc2-c2ccc(-c3nc(Cl)nc(-c4ccc(-c5ccc6ccccc6c5)cc4)n3)cc21. The third kappa shape index (κ3) is 3.70. The molecule has 1 heterocycles. The Kier molecular flexibility index (Phi) is 5.17. The van der Waals surface area contributed by atoms with E-state index in [1.807, 2.05) is 12.1 Å². The van der Waals surface area contributed by atoms with Crippen molar-refractivity contribution in [3.05, 3.63) is 126 Å². The number of hydrogen-bond donors (Lipinski definition) is 0. The van der Waals surface area contributed by atoms with Crippen LogP contribution in [-0.2, 0) is 5.41 Å². The summed E-state index contributed by atoms with van der Waals surface area (Å²) in [6, 6.07) is 38.3.